The quantitative estimate of drug-likeness (QED) is 0.587. The summed E-state index contributed by atoms with van der Waals surface area (Å²) < 4.78 is 5.92. The van der Waals surface area contributed by atoms with E-state index in [1.54, 1.807) is 13.2 Å². The van der Waals surface area contributed by atoms with Gasteiger partial charge in [0.2, 0.25) is 0 Å². The fourth-order valence-corrected chi connectivity index (χ4v) is 2.69. The second-order valence-electron chi connectivity index (χ2n) is 5.20. The van der Waals surface area contributed by atoms with Gasteiger partial charge >= 0.3 is 0 Å². The van der Waals surface area contributed by atoms with Crippen LogP contribution in [-0.2, 0) is 4.79 Å². The number of nitrogens with zero attached hydrogens (tertiary/aromatic N) is 2. The number of carbonyl (C=O) groups excluding carboxylic acids is 1. The second-order valence-corrected chi connectivity index (χ2v) is 5.20. The standard InChI is InChI=1S/C16H17N5O2/c1-9-13(20-16(22)12(8-17)21-18-2)11-6-5-10-4-3-7-19-14(10)15(11)23-9/h3-9,13,17-18H,1-2H3,(H,20,22)/b17-8?,21-12+. The number of carbonyl (C=O) groups is 1. The van der Waals surface area contributed by atoms with Crippen molar-refractivity contribution in [3.8, 4) is 5.75 Å². The van der Waals surface area contributed by atoms with Crippen LogP contribution in [0.1, 0.15) is 18.5 Å². The number of nitrogens with one attached hydrogen (secondary N) is 3. The van der Waals surface area contributed by atoms with Crippen LogP contribution in [0.15, 0.2) is 35.6 Å². The Morgan fingerprint density at radius 1 is 1.43 bits per heavy atom. The topological polar surface area (TPSA) is 99.5 Å². The van der Waals surface area contributed by atoms with Crippen molar-refractivity contribution < 1.29 is 9.53 Å². The van der Waals surface area contributed by atoms with Gasteiger partial charge in [0.1, 0.15) is 11.6 Å². The number of ether oxygens (including phenoxy) is 1. The van der Waals surface area contributed by atoms with E-state index in [2.05, 4.69) is 20.8 Å². The Kier molecular flexibility index (Phi) is 3.92. The molecular weight excluding hydrogens is 294 g/mol. The molecule has 0 spiro atoms. The maximum atomic E-state index is 12.2. The molecule has 2 unspecified atom stereocenters. The largest absolute Gasteiger partial charge is 0.486 e. The molecule has 0 saturated heterocycles. The third kappa shape index (κ3) is 2.61. The number of pyridine rings is 1. The van der Waals surface area contributed by atoms with Gasteiger partial charge in [0, 0.05) is 24.2 Å². The third-order valence-electron chi connectivity index (χ3n) is 3.76. The molecule has 0 fully saturated rings. The molecule has 7 nitrogen and oxygen atoms in total. The number of fused-ring (bicyclic) bond motifs is 3. The van der Waals surface area contributed by atoms with Crippen LogP contribution in [0.4, 0.5) is 0 Å². The van der Waals surface area contributed by atoms with Crippen molar-refractivity contribution in [1.82, 2.24) is 15.7 Å². The number of benzene rings is 1. The molecule has 1 aliphatic rings. The van der Waals surface area contributed by atoms with Crippen molar-refractivity contribution in [2.24, 2.45) is 5.10 Å². The van der Waals surface area contributed by atoms with E-state index in [0.717, 1.165) is 22.7 Å². The first-order chi connectivity index (χ1) is 11.2. The molecule has 0 bridgehead atoms. The minimum atomic E-state index is -0.427. The van der Waals surface area contributed by atoms with Crippen LogP contribution in [0.5, 0.6) is 5.75 Å². The van der Waals surface area contributed by atoms with Crippen molar-refractivity contribution in [3.05, 3.63) is 36.0 Å². The summed E-state index contributed by atoms with van der Waals surface area (Å²) in [6.07, 6.45) is 2.40. The summed E-state index contributed by atoms with van der Waals surface area (Å²) in [5.74, 6) is 0.270. The first kappa shape index (κ1) is 15.0. The predicted molar refractivity (Wildman–Crippen MR) is 88.0 cm³/mol. The number of amides is 1. The zero-order chi connectivity index (χ0) is 16.4. The number of rotatable bonds is 4. The average Bonchev–Trinajstić information content (AvgIpc) is 2.88. The molecule has 1 aromatic carbocycles. The number of aromatic nitrogens is 1. The van der Waals surface area contributed by atoms with Gasteiger partial charge in [0.15, 0.2) is 11.5 Å². The van der Waals surface area contributed by atoms with Crippen molar-refractivity contribution in [1.29, 1.82) is 5.41 Å². The van der Waals surface area contributed by atoms with Gasteiger partial charge in [0.25, 0.3) is 5.91 Å². The van der Waals surface area contributed by atoms with Crippen LogP contribution in [0.2, 0.25) is 0 Å². The monoisotopic (exact) mass is 311 g/mol. The summed E-state index contributed by atoms with van der Waals surface area (Å²) in [5.41, 5.74) is 4.18. The number of hydrogen-bond donors (Lipinski definition) is 3. The van der Waals surface area contributed by atoms with E-state index in [1.165, 1.54) is 0 Å². The molecule has 0 radical (unpaired) electrons. The molecule has 0 saturated carbocycles. The number of hydrazone groups is 1. The van der Waals surface area contributed by atoms with E-state index < -0.39 is 5.91 Å². The van der Waals surface area contributed by atoms with Gasteiger partial charge < -0.3 is 20.9 Å². The first-order valence-electron chi connectivity index (χ1n) is 7.25. The third-order valence-corrected chi connectivity index (χ3v) is 3.76. The summed E-state index contributed by atoms with van der Waals surface area (Å²) in [5, 5.41) is 14.9. The molecule has 2 atom stereocenters. The highest BCUT2D eigenvalue weighted by atomic mass is 16.5. The van der Waals surface area contributed by atoms with Gasteiger partial charge in [-0.3, -0.25) is 9.78 Å². The lowest BCUT2D eigenvalue weighted by molar-refractivity contribution is -0.115. The Balaban J connectivity index is 1.95. The van der Waals surface area contributed by atoms with E-state index in [9.17, 15) is 4.79 Å². The Morgan fingerprint density at radius 2 is 2.26 bits per heavy atom. The van der Waals surface area contributed by atoms with Gasteiger partial charge in [-0.25, -0.2) is 0 Å². The first-order valence-corrected chi connectivity index (χ1v) is 7.25. The highest BCUT2D eigenvalue weighted by molar-refractivity contribution is 6.60. The predicted octanol–water partition coefficient (Wildman–Crippen LogP) is 1.40. The van der Waals surface area contributed by atoms with E-state index in [4.69, 9.17) is 10.1 Å². The summed E-state index contributed by atoms with van der Waals surface area (Å²) in [6, 6.07) is 7.42. The SMILES string of the molecule is CN/N=C(\C=N)C(=O)NC1c2ccc3cccnc3c2OC1C. The molecule has 23 heavy (non-hydrogen) atoms. The molecule has 3 rings (SSSR count). The fraction of sp³-hybridized carbons (Fsp3) is 0.250. The van der Waals surface area contributed by atoms with Gasteiger partial charge in [0.05, 0.1) is 12.3 Å². The van der Waals surface area contributed by atoms with E-state index in [1.807, 2.05) is 31.2 Å². The minimum Gasteiger partial charge on any atom is -0.486 e. The zero-order valence-electron chi connectivity index (χ0n) is 12.8. The molecule has 3 N–H and O–H groups in total. The molecular formula is C16H17N5O2. The van der Waals surface area contributed by atoms with Gasteiger partial charge in [-0.05, 0) is 13.0 Å². The van der Waals surface area contributed by atoms with Crippen LogP contribution in [-0.4, -0.2) is 36.0 Å². The summed E-state index contributed by atoms with van der Waals surface area (Å²) in [4.78, 5) is 16.6. The molecule has 1 amide bonds. The van der Waals surface area contributed by atoms with Crippen LogP contribution < -0.4 is 15.5 Å². The summed E-state index contributed by atoms with van der Waals surface area (Å²) >= 11 is 0. The second kappa shape index (κ2) is 6.04. The maximum Gasteiger partial charge on any atom is 0.273 e. The van der Waals surface area contributed by atoms with Gasteiger partial charge in [-0.1, -0.05) is 18.2 Å². The fourth-order valence-electron chi connectivity index (χ4n) is 2.69. The van der Waals surface area contributed by atoms with E-state index >= 15 is 0 Å². The van der Waals surface area contributed by atoms with Crippen molar-refractivity contribution in [2.45, 2.75) is 19.1 Å². The van der Waals surface area contributed by atoms with Crippen LogP contribution in [0.3, 0.4) is 0 Å². The van der Waals surface area contributed by atoms with Crippen LogP contribution in [0.25, 0.3) is 10.9 Å². The molecule has 0 aliphatic carbocycles. The lowest BCUT2D eigenvalue weighted by Crippen LogP contribution is -2.39. The molecule has 2 heterocycles. The normalized spacial score (nSPS) is 19.8. The Hall–Kier alpha value is -2.96. The molecule has 118 valence electrons. The Labute approximate surface area is 133 Å². The molecule has 7 heteroatoms. The van der Waals surface area contributed by atoms with Crippen molar-refractivity contribution >= 4 is 28.7 Å². The van der Waals surface area contributed by atoms with Crippen LogP contribution >= 0.6 is 0 Å². The van der Waals surface area contributed by atoms with Crippen LogP contribution in [0, 0.1) is 5.41 Å². The van der Waals surface area contributed by atoms with Crippen molar-refractivity contribution in [3.63, 3.8) is 0 Å². The highest BCUT2D eigenvalue weighted by Crippen LogP contribution is 2.40. The summed E-state index contributed by atoms with van der Waals surface area (Å²) in [7, 11) is 1.57. The lowest BCUT2D eigenvalue weighted by atomic mass is 10.0. The van der Waals surface area contributed by atoms with Crippen molar-refractivity contribution in [2.75, 3.05) is 7.05 Å². The van der Waals surface area contributed by atoms with E-state index in [-0.39, 0.29) is 17.9 Å². The Bertz CT molecular complexity index is 802. The van der Waals surface area contributed by atoms with E-state index in [0.29, 0.717) is 5.75 Å². The average molecular weight is 311 g/mol. The molecule has 1 aliphatic heterocycles. The van der Waals surface area contributed by atoms with Gasteiger partial charge in [-0.2, -0.15) is 5.10 Å². The zero-order valence-corrected chi connectivity index (χ0v) is 12.8. The lowest BCUT2D eigenvalue weighted by Gasteiger charge is -2.16. The van der Waals surface area contributed by atoms with Gasteiger partial charge in [-0.15, -0.1) is 0 Å². The number of hydrogen-bond acceptors (Lipinski definition) is 6. The summed E-state index contributed by atoms with van der Waals surface area (Å²) in [6.45, 7) is 1.89. The maximum absolute atomic E-state index is 12.2. The smallest absolute Gasteiger partial charge is 0.273 e. The Morgan fingerprint density at radius 3 is 3.00 bits per heavy atom. The molecule has 1 aromatic heterocycles. The minimum absolute atomic E-state index is 0.00654. The highest BCUT2D eigenvalue weighted by Gasteiger charge is 2.34. The molecule has 2 aromatic rings.